The molecule has 0 amide bonds. The van der Waals surface area contributed by atoms with E-state index in [2.05, 4.69) is 35.6 Å². The second-order valence-electron chi connectivity index (χ2n) is 6.18. The molecule has 1 saturated heterocycles. The van der Waals surface area contributed by atoms with Crippen LogP contribution in [0.1, 0.15) is 44.1 Å². The highest BCUT2D eigenvalue weighted by molar-refractivity contribution is 5.27. The number of hydrogen-bond donors (Lipinski definition) is 2. The summed E-state index contributed by atoms with van der Waals surface area (Å²) in [6.45, 7) is 1.73. The Morgan fingerprint density at radius 2 is 1.78 bits per heavy atom. The maximum atomic E-state index is 10.7. The lowest BCUT2D eigenvalue weighted by molar-refractivity contribution is 0.0273. The summed E-state index contributed by atoms with van der Waals surface area (Å²) in [7, 11) is 0. The van der Waals surface area contributed by atoms with Crippen molar-refractivity contribution in [3.05, 3.63) is 35.9 Å². The van der Waals surface area contributed by atoms with Gasteiger partial charge in [-0.05, 0) is 43.2 Å². The molecule has 1 aromatic carbocycles. The van der Waals surface area contributed by atoms with Gasteiger partial charge in [0.25, 0.3) is 0 Å². The monoisotopic (exact) mass is 245 g/mol. The van der Waals surface area contributed by atoms with Gasteiger partial charge in [0.1, 0.15) is 0 Å². The molecule has 0 bridgehead atoms. The molecule has 0 aromatic heterocycles. The van der Waals surface area contributed by atoms with E-state index in [9.17, 15) is 5.11 Å². The minimum atomic E-state index is -0.486. The number of aliphatic hydroxyl groups is 1. The highest BCUT2D eigenvalue weighted by atomic mass is 16.3. The Kier molecular flexibility index (Phi) is 3.16. The molecule has 1 aromatic rings. The Labute approximate surface area is 109 Å². The van der Waals surface area contributed by atoms with Crippen LogP contribution in [0.3, 0.4) is 0 Å². The summed E-state index contributed by atoms with van der Waals surface area (Å²) in [6.07, 6.45) is 6.91. The third-order valence-corrected chi connectivity index (χ3v) is 4.84. The Hall–Kier alpha value is -0.860. The van der Waals surface area contributed by atoms with E-state index in [0.29, 0.717) is 0 Å². The Morgan fingerprint density at radius 3 is 2.39 bits per heavy atom. The summed E-state index contributed by atoms with van der Waals surface area (Å²) >= 11 is 0. The van der Waals surface area contributed by atoms with Crippen LogP contribution in [0.2, 0.25) is 0 Å². The summed E-state index contributed by atoms with van der Waals surface area (Å²) < 4.78 is 0. The number of nitrogens with one attached hydrogen (secondary N) is 1. The van der Waals surface area contributed by atoms with E-state index in [1.165, 1.54) is 31.2 Å². The second kappa shape index (κ2) is 4.67. The van der Waals surface area contributed by atoms with Crippen molar-refractivity contribution in [2.75, 3.05) is 13.1 Å². The van der Waals surface area contributed by atoms with Crippen molar-refractivity contribution in [2.45, 2.75) is 49.5 Å². The lowest BCUT2D eigenvalue weighted by Gasteiger charge is -2.36. The molecule has 1 unspecified atom stereocenters. The largest absolute Gasteiger partial charge is 0.388 e. The second-order valence-corrected chi connectivity index (χ2v) is 6.18. The molecular weight excluding hydrogens is 222 g/mol. The molecule has 1 aliphatic carbocycles. The van der Waals surface area contributed by atoms with Crippen LogP contribution >= 0.6 is 0 Å². The van der Waals surface area contributed by atoms with Crippen LogP contribution in [0.25, 0.3) is 0 Å². The van der Waals surface area contributed by atoms with E-state index >= 15 is 0 Å². The van der Waals surface area contributed by atoms with Gasteiger partial charge in [-0.15, -0.1) is 0 Å². The first kappa shape index (κ1) is 12.2. The Morgan fingerprint density at radius 1 is 1.06 bits per heavy atom. The van der Waals surface area contributed by atoms with Gasteiger partial charge < -0.3 is 10.4 Å². The van der Waals surface area contributed by atoms with Gasteiger partial charge >= 0.3 is 0 Å². The Balaban J connectivity index is 1.88. The van der Waals surface area contributed by atoms with E-state index < -0.39 is 5.60 Å². The molecule has 2 N–H and O–H groups in total. The van der Waals surface area contributed by atoms with Crippen molar-refractivity contribution in [1.82, 2.24) is 5.32 Å². The molecule has 1 aliphatic heterocycles. The third kappa shape index (κ3) is 2.19. The van der Waals surface area contributed by atoms with Gasteiger partial charge in [-0.1, -0.05) is 43.2 Å². The predicted molar refractivity (Wildman–Crippen MR) is 73.6 cm³/mol. The third-order valence-electron chi connectivity index (χ3n) is 4.84. The van der Waals surface area contributed by atoms with Crippen molar-refractivity contribution in [2.24, 2.45) is 0 Å². The summed E-state index contributed by atoms with van der Waals surface area (Å²) in [4.78, 5) is 0. The van der Waals surface area contributed by atoms with Crippen molar-refractivity contribution in [3.63, 3.8) is 0 Å². The summed E-state index contributed by atoms with van der Waals surface area (Å²) in [6, 6.07) is 10.8. The normalized spacial score (nSPS) is 30.7. The molecule has 1 saturated carbocycles. The first-order valence-electron chi connectivity index (χ1n) is 7.21. The van der Waals surface area contributed by atoms with Gasteiger partial charge in [0.05, 0.1) is 5.60 Å². The van der Waals surface area contributed by atoms with E-state index in [-0.39, 0.29) is 5.41 Å². The molecular formula is C16H23NO. The van der Waals surface area contributed by atoms with Crippen LogP contribution in [0, 0.1) is 0 Å². The van der Waals surface area contributed by atoms with Crippen LogP contribution in [0.15, 0.2) is 30.3 Å². The maximum Gasteiger partial charge on any atom is 0.0792 e. The molecule has 2 fully saturated rings. The van der Waals surface area contributed by atoms with Crippen LogP contribution in [0.5, 0.6) is 0 Å². The van der Waals surface area contributed by atoms with Crippen molar-refractivity contribution in [3.8, 4) is 0 Å². The van der Waals surface area contributed by atoms with Crippen molar-refractivity contribution in [1.29, 1.82) is 0 Å². The topological polar surface area (TPSA) is 32.3 Å². The smallest absolute Gasteiger partial charge is 0.0792 e. The molecule has 2 heteroatoms. The molecule has 98 valence electrons. The van der Waals surface area contributed by atoms with Crippen molar-refractivity contribution < 1.29 is 5.11 Å². The zero-order valence-electron chi connectivity index (χ0n) is 11.0. The highest BCUT2D eigenvalue weighted by Gasteiger charge is 2.44. The first-order chi connectivity index (χ1) is 8.73. The fourth-order valence-electron chi connectivity index (χ4n) is 3.92. The Bertz CT molecular complexity index is 389. The quantitative estimate of drug-likeness (QED) is 0.858. The first-order valence-corrected chi connectivity index (χ1v) is 7.21. The number of hydrogen-bond acceptors (Lipinski definition) is 2. The van der Waals surface area contributed by atoms with Crippen molar-refractivity contribution >= 4 is 0 Å². The molecule has 1 heterocycles. The summed E-state index contributed by atoms with van der Waals surface area (Å²) in [5, 5.41) is 14.0. The van der Waals surface area contributed by atoms with E-state index in [4.69, 9.17) is 0 Å². The molecule has 3 rings (SSSR count). The number of rotatable bonds is 3. The minimum absolute atomic E-state index is 0.224. The number of benzene rings is 1. The molecule has 2 nitrogen and oxygen atoms in total. The van der Waals surface area contributed by atoms with E-state index in [0.717, 1.165) is 25.9 Å². The van der Waals surface area contributed by atoms with E-state index in [1.54, 1.807) is 0 Å². The zero-order chi connectivity index (χ0) is 12.5. The minimum Gasteiger partial charge on any atom is -0.388 e. The van der Waals surface area contributed by atoms with E-state index in [1.807, 2.05) is 0 Å². The van der Waals surface area contributed by atoms with Crippen LogP contribution in [-0.2, 0) is 5.41 Å². The predicted octanol–water partition coefficient (Wildman–Crippen LogP) is 2.61. The van der Waals surface area contributed by atoms with Gasteiger partial charge in [-0.25, -0.2) is 0 Å². The highest BCUT2D eigenvalue weighted by Crippen LogP contribution is 2.47. The van der Waals surface area contributed by atoms with Gasteiger partial charge in [0.2, 0.25) is 0 Å². The fourth-order valence-corrected chi connectivity index (χ4v) is 3.92. The molecule has 18 heavy (non-hydrogen) atoms. The van der Waals surface area contributed by atoms with Crippen LogP contribution < -0.4 is 5.32 Å². The molecule has 0 radical (unpaired) electrons. The average molecular weight is 245 g/mol. The molecule has 1 atom stereocenters. The van der Waals surface area contributed by atoms with Crippen LogP contribution in [0.4, 0.5) is 0 Å². The number of β-amino-alcohol motifs (C(OH)–C–C–N with tert-alkyl or cyclic N) is 1. The zero-order valence-corrected chi connectivity index (χ0v) is 11.0. The molecule has 2 aliphatic rings. The van der Waals surface area contributed by atoms with Gasteiger partial charge in [-0.3, -0.25) is 0 Å². The lowest BCUT2D eigenvalue weighted by atomic mass is 9.71. The summed E-state index contributed by atoms with van der Waals surface area (Å²) in [5.74, 6) is 0. The average Bonchev–Trinajstić information content (AvgIpc) is 3.01. The lowest BCUT2D eigenvalue weighted by Crippen LogP contribution is -2.40. The van der Waals surface area contributed by atoms with Gasteiger partial charge in [0.15, 0.2) is 0 Å². The SMILES string of the molecule is OC1(CC2(c3ccccc3)CCCC2)CCNC1. The fraction of sp³-hybridized carbons (Fsp3) is 0.625. The standard InChI is InChI=1S/C16H23NO/c18-16(10-11-17-13-16)12-15(8-4-5-9-15)14-6-2-1-3-7-14/h1-3,6-7,17-18H,4-5,8-13H2. The summed E-state index contributed by atoms with van der Waals surface area (Å²) in [5.41, 5.74) is 1.17. The van der Waals surface area contributed by atoms with Crippen LogP contribution in [-0.4, -0.2) is 23.8 Å². The van der Waals surface area contributed by atoms with Gasteiger partial charge in [0, 0.05) is 6.54 Å². The molecule has 0 spiro atoms. The maximum absolute atomic E-state index is 10.7. The van der Waals surface area contributed by atoms with Gasteiger partial charge in [-0.2, -0.15) is 0 Å².